The molecule has 0 aromatic carbocycles. The summed E-state index contributed by atoms with van der Waals surface area (Å²) in [5, 5.41) is 0. The molecule has 0 heteroatoms. The normalized spacial score (nSPS) is 12.8. The first-order valence-electron chi connectivity index (χ1n) is 9.64. The highest BCUT2D eigenvalue weighted by Gasteiger charge is 2.07. The van der Waals surface area contributed by atoms with E-state index >= 15 is 0 Å². The summed E-state index contributed by atoms with van der Waals surface area (Å²) < 4.78 is 0. The van der Waals surface area contributed by atoms with Crippen molar-refractivity contribution in [2.24, 2.45) is 5.92 Å². The standard InChI is InChI=1S/C20H41/c1-4-7-9-11-12-14-16-19-20(17-6-3)18-15-13-10-8-5-2/h20H,3-19H2,1-2H3. The summed E-state index contributed by atoms with van der Waals surface area (Å²) in [6.45, 7) is 8.65. The Kier molecular flexibility index (Phi) is 17.1. The minimum Gasteiger partial charge on any atom is -0.0654 e. The molecule has 1 radical (unpaired) electrons. The van der Waals surface area contributed by atoms with Gasteiger partial charge in [-0.3, -0.25) is 0 Å². The minimum absolute atomic E-state index is 0.977. The monoisotopic (exact) mass is 281 g/mol. The van der Waals surface area contributed by atoms with Crippen molar-refractivity contribution >= 4 is 0 Å². The lowest BCUT2D eigenvalue weighted by atomic mass is 9.90. The topological polar surface area (TPSA) is 0 Å². The molecule has 0 aromatic rings. The number of hydrogen-bond acceptors (Lipinski definition) is 0. The lowest BCUT2D eigenvalue weighted by Crippen LogP contribution is -2.00. The van der Waals surface area contributed by atoms with Crippen LogP contribution in [0.25, 0.3) is 0 Å². The van der Waals surface area contributed by atoms with E-state index in [0.29, 0.717) is 0 Å². The van der Waals surface area contributed by atoms with Gasteiger partial charge in [-0.05, 0) is 5.92 Å². The molecule has 0 rings (SSSR count). The minimum atomic E-state index is 0.977. The van der Waals surface area contributed by atoms with Crippen LogP contribution in [-0.4, -0.2) is 0 Å². The van der Waals surface area contributed by atoms with Gasteiger partial charge >= 0.3 is 0 Å². The Balaban J connectivity index is 3.44. The van der Waals surface area contributed by atoms with Crippen LogP contribution in [0.2, 0.25) is 0 Å². The van der Waals surface area contributed by atoms with Crippen molar-refractivity contribution < 1.29 is 0 Å². The second-order valence-electron chi connectivity index (χ2n) is 6.62. The zero-order valence-electron chi connectivity index (χ0n) is 14.6. The molecule has 20 heavy (non-hydrogen) atoms. The van der Waals surface area contributed by atoms with Gasteiger partial charge in [0.2, 0.25) is 0 Å². The molecule has 121 valence electrons. The molecule has 0 amide bonds. The lowest BCUT2D eigenvalue weighted by Gasteiger charge is -2.16. The van der Waals surface area contributed by atoms with Gasteiger partial charge < -0.3 is 0 Å². The first-order chi connectivity index (χ1) is 9.85. The molecule has 0 heterocycles. The Labute approximate surface area is 130 Å². The Morgan fingerprint density at radius 3 is 1.35 bits per heavy atom. The molecule has 0 aliphatic carbocycles. The fraction of sp³-hybridized carbons (Fsp3) is 0.950. The number of hydrogen-bond donors (Lipinski definition) is 0. The average molecular weight is 282 g/mol. The third-order valence-electron chi connectivity index (χ3n) is 4.54. The summed E-state index contributed by atoms with van der Waals surface area (Å²) in [7, 11) is 0. The molecular weight excluding hydrogens is 240 g/mol. The Hall–Kier alpha value is 0. The third kappa shape index (κ3) is 14.4. The van der Waals surface area contributed by atoms with Crippen LogP contribution in [0, 0.1) is 12.8 Å². The zero-order chi connectivity index (χ0) is 14.9. The molecule has 0 aliphatic rings. The van der Waals surface area contributed by atoms with Crippen molar-refractivity contribution in [2.45, 2.75) is 117 Å². The largest absolute Gasteiger partial charge is 0.0654 e. The molecule has 1 atom stereocenters. The van der Waals surface area contributed by atoms with Crippen LogP contribution in [0.15, 0.2) is 0 Å². The molecule has 1 unspecified atom stereocenters. The quantitative estimate of drug-likeness (QED) is 0.254. The maximum atomic E-state index is 4.06. The van der Waals surface area contributed by atoms with Gasteiger partial charge in [0.15, 0.2) is 0 Å². The molecule has 0 saturated carbocycles. The van der Waals surface area contributed by atoms with E-state index in [1.807, 2.05) is 0 Å². The molecule has 0 aromatic heterocycles. The van der Waals surface area contributed by atoms with E-state index in [9.17, 15) is 0 Å². The van der Waals surface area contributed by atoms with Gasteiger partial charge in [0.25, 0.3) is 0 Å². The van der Waals surface area contributed by atoms with Gasteiger partial charge in [-0.2, -0.15) is 0 Å². The molecule has 0 bridgehead atoms. The van der Waals surface area contributed by atoms with Crippen LogP contribution < -0.4 is 0 Å². The van der Waals surface area contributed by atoms with Crippen LogP contribution in [0.4, 0.5) is 0 Å². The second-order valence-corrected chi connectivity index (χ2v) is 6.62. The molecular formula is C20H41. The first kappa shape index (κ1) is 20.0. The van der Waals surface area contributed by atoms with Crippen molar-refractivity contribution in [3.8, 4) is 0 Å². The fourth-order valence-corrected chi connectivity index (χ4v) is 3.15. The highest BCUT2D eigenvalue weighted by atomic mass is 14.1. The van der Waals surface area contributed by atoms with Crippen molar-refractivity contribution in [1.29, 1.82) is 0 Å². The van der Waals surface area contributed by atoms with Gasteiger partial charge in [-0.15, -0.1) is 0 Å². The highest BCUT2D eigenvalue weighted by molar-refractivity contribution is 4.62. The van der Waals surface area contributed by atoms with Crippen LogP contribution in [0.3, 0.4) is 0 Å². The highest BCUT2D eigenvalue weighted by Crippen LogP contribution is 2.23. The van der Waals surface area contributed by atoms with E-state index in [1.54, 1.807) is 0 Å². The van der Waals surface area contributed by atoms with Gasteiger partial charge in [0.05, 0.1) is 0 Å². The molecule has 0 N–H and O–H groups in total. The van der Waals surface area contributed by atoms with E-state index < -0.39 is 0 Å². The van der Waals surface area contributed by atoms with Crippen molar-refractivity contribution in [3.05, 3.63) is 6.92 Å². The zero-order valence-corrected chi connectivity index (χ0v) is 14.6. The molecule has 0 spiro atoms. The maximum absolute atomic E-state index is 4.06. The smallest absolute Gasteiger partial charge is 0.0414 e. The Morgan fingerprint density at radius 1 is 0.550 bits per heavy atom. The van der Waals surface area contributed by atoms with E-state index in [1.165, 1.54) is 96.3 Å². The van der Waals surface area contributed by atoms with Crippen LogP contribution >= 0.6 is 0 Å². The van der Waals surface area contributed by atoms with E-state index in [-0.39, 0.29) is 0 Å². The molecule has 0 aliphatic heterocycles. The SMILES string of the molecule is [CH2]CCC(CCCCCCC)CCCCCCCCC. The van der Waals surface area contributed by atoms with Gasteiger partial charge in [0.1, 0.15) is 0 Å². The van der Waals surface area contributed by atoms with Gasteiger partial charge in [-0.1, -0.05) is 124 Å². The number of unbranched alkanes of at least 4 members (excludes halogenated alkanes) is 10. The van der Waals surface area contributed by atoms with Crippen molar-refractivity contribution in [2.75, 3.05) is 0 Å². The summed E-state index contributed by atoms with van der Waals surface area (Å²) in [4.78, 5) is 0. The predicted molar refractivity (Wildman–Crippen MR) is 94.1 cm³/mol. The number of rotatable bonds is 16. The Morgan fingerprint density at radius 2 is 0.950 bits per heavy atom. The van der Waals surface area contributed by atoms with E-state index in [2.05, 4.69) is 20.8 Å². The van der Waals surface area contributed by atoms with Crippen molar-refractivity contribution in [3.63, 3.8) is 0 Å². The van der Waals surface area contributed by atoms with Crippen molar-refractivity contribution in [1.82, 2.24) is 0 Å². The predicted octanol–water partition coefficient (Wildman–Crippen LogP) is 7.72. The molecule has 0 saturated heterocycles. The average Bonchev–Trinajstić information content (AvgIpc) is 2.46. The van der Waals surface area contributed by atoms with Crippen LogP contribution in [0.1, 0.15) is 117 Å². The molecule has 0 fully saturated rings. The first-order valence-corrected chi connectivity index (χ1v) is 9.64. The summed E-state index contributed by atoms with van der Waals surface area (Å²) in [6.07, 6.45) is 22.7. The summed E-state index contributed by atoms with van der Waals surface area (Å²) in [6, 6.07) is 0. The summed E-state index contributed by atoms with van der Waals surface area (Å²) in [5.41, 5.74) is 0. The molecule has 0 nitrogen and oxygen atoms in total. The van der Waals surface area contributed by atoms with Crippen LogP contribution in [-0.2, 0) is 0 Å². The summed E-state index contributed by atoms with van der Waals surface area (Å²) >= 11 is 0. The fourth-order valence-electron chi connectivity index (χ4n) is 3.15. The van der Waals surface area contributed by atoms with Gasteiger partial charge in [0, 0.05) is 0 Å². The Bertz CT molecular complexity index is 161. The lowest BCUT2D eigenvalue weighted by molar-refractivity contribution is 0.382. The van der Waals surface area contributed by atoms with Gasteiger partial charge in [-0.25, -0.2) is 0 Å². The second kappa shape index (κ2) is 17.1. The van der Waals surface area contributed by atoms with E-state index in [0.717, 1.165) is 12.3 Å². The third-order valence-corrected chi connectivity index (χ3v) is 4.54. The maximum Gasteiger partial charge on any atom is -0.0414 e. The van der Waals surface area contributed by atoms with Crippen LogP contribution in [0.5, 0.6) is 0 Å². The summed E-state index contributed by atoms with van der Waals surface area (Å²) in [5.74, 6) is 0.977. The van der Waals surface area contributed by atoms with E-state index in [4.69, 9.17) is 0 Å².